The fraction of sp³-hybridized carbons (Fsp3) is 0.100. The SMILES string of the molecule is COc1ccc(OC)c(-c2cnc(-c3ccc(CNC(=O)c4cccnc4Sc4ccccc4)cc3)[nH]2)c1. The molecule has 0 saturated heterocycles. The maximum absolute atomic E-state index is 13.0. The van der Waals surface area contributed by atoms with Gasteiger partial charge in [0.1, 0.15) is 22.3 Å². The van der Waals surface area contributed by atoms with Crippen LogP contribution in [0, 0.1) is 0 Å². The molecular formula is C30H26N4O3S. The first-order chi connectivity index (χ1) is 18.6. The molecule has 1 amide bonds. The molecular weight excluding hydrogens is 496 g/mol. The van der Waals surface area contributed by atoms with Crippen LogP contribution in [0.15, 0.2) is 107 Å². The molecule has 2 aromatic heterocycles. The predicted molar refractivity (Wildman–Crippen MR) is 149 cm³/mol. The van der Waals surface area contributed by atoms with Crippen LogP contribution in [0.25, 0.3) is 22.6 Å². The highest BCUT2D eigenvalue weighted by molar-refractivity contribution is 7.99. The first-order valence-corrected chi connectivity index (χ1v) is 12.8. The van der Waals surface area contributed by atoms with E-state index in [1.807, 2.05) is 72.8 Å². The maximum atomic E-state index is 13.0. The molecule has 0 aliphatic heterocycles. The van der Waals surface area contributed by atoms with Crippen LogP contribution in [-0.4, -0.2) is 35.1 Å². The minimum atomic E-state index is -0.163. The molecule has 0 aliphatic carbocycles. The second-order valence-electron chi connectivity index (χ2n) is 8.36. The van der Waals surface area contributed by atoms with Gasteiger partial charge >= 0.3 is 0 Å². The number of nitrogens with one attached hydrogen (secondary N) is 2. The van der Waals surface area contributed by atoms with Gasteiger partial charge in [0.25, 0.3) is 5.91 Å². The quantitative estimate of drug-likeness (QED) is 0.238. The van der Waals surface area contributed by atoms with E-state index in [9.17, 15) is 4.79 Å². The van der Waals surface area contributed by atoms with Gasteiger partial charge in [-0.15, -0.1) is 0 Å². The number of ether oxygens (including phenoxy) is 2. The Morgan fingerprint density at radius 1 is 0.921 bits per heavy atom. The third-order valence-corrected chi connectivity index (χ3v) is 6.95. The van der Waals surface area contributed by atoms with Crippen LogP contribution in [0.3, 0.4) is 0 Å². The number of aromatic amines is 1. The number of methoxy groups -OCH3 is 2. The molecule has 0 fully saturated rings. The van der Waals surface area contributed by atoms with Crippen LogP contribution in [-0.2, 0) is 6.54 Å². The molecule has 0 unspecified atom stereocenters. The van der Waals surface area contributed by atoms with Gasteiger partial charge in [-0.1, -0.05) is 54.2 Å². The molecule has 190 valence electrons. The van der Waals surface area contributed by atoms with Crippen molar-refractivity contribution >= 4 is 17.7 Å². The fourth-order valence-electron chi connectivity index (χ4n) is 3.93. The number of imidazole rings is 1. The monoisotopic (exact) mass is 522 g/mol. The van der Waals surface area contributed by atoms with E-state index in [2.05, 4.69) is 20.3 Å². The summed E-state index contributed by atoms with van der Waals surface area (Å²) >= 11 is 1.47. The lowest BCUT2D eigenvalue weighted by molar-refractivity contribution is 0.0947. The lowest BCUT2D eigenvalue weighted by Gasteiger charge is -2.10. The van der Waals surface area contributed by atoms with Gasteiger partial charge in [-0.25, -0.2) is 9.97 Å². The van der Waals surface area contributed by atoms with E-state index in [1.165, 1.54) is 11.8 Å². The molecule has 0 aliphatic rings. The number of carbonyl (C=O) groups is 1. The van der Waals surface area contributed by atoms with Crippen molar-refractivity contribution in [2.45, 2.75) is 16.5 Å². The molecule has 2 heterocycles. The van der Waals surface area contributed by atoms with Crippen molar-refractivity contribution < 1.29 is 14.3 Å². The molecule has 7 nitrogen and oxygen atoms in total. The molecule has 0 saturated carbocycles. The van der Waals surface area contributed by atoms with Crippen molar-refractivity contribution in [3.05, 3.63) is 108 Å². The summed E-state index contributed by atoms with van der Waals surface area (Å²) in [5, 5.41) is 3.68. The number of hydrogen-bond acceptors (Lipinski definition) is 6. The van der Waals surface area contributed by atoms with E-state index < -0.39 is 0 Å². The van der Waals surface area contributed by atoms with Crippen molar-refractivity contribution in [3.63, 3.8) is 0 Å². The van der Waals surface area contributed by atoms with Gasteiger partial charge in [-0.3, -0.25) is 4.79 Å². The Hall–Kier alpha value is -4.56. The van der Waals surface area contributed by atoms with Gasteiger partial charge in [-0.2, -0.15) is 0 Å². The highest BCUT2D eigenvalue weighted by atomic mass is 32.2. The fourth-order valence-corrected chi connectivity index (χ4v) is 4.83. The number of hydrogen-bond donors (Lipinski definition) is 2. The normalized spacial score (nSPS) is 10.7. The number of benzene rings is 3. The minimum Gasteiger partial charge on any atom is -0.497 e. The van der Waals surface area contributed by atoms with Crippen molar-refractivity contribution in [3.8, 4) is 34.1 Å². The Bertz CT molecular complexity index is 1540. The summed E-state index contributed by atoms with van der Waals surface area (Å²) in [7, 11) is 3.27. The number of H-pyrrole nitrogens is 1. The summed E-state index contributed by atoms with van der Waals surface area (Å²) in [4.78, 5) is 26.3. The molecule has 38 heavy (non-hydrogen) atoms. The maximum Gasteiger partial charge on any atom is 0.254 e. The van der Waals surface area contributed by atoms with E-state index >= 15 is 0 Å². The highest BCUT2D eigenvalue weighted by Crippen LogP contribution is 2.33. The van der Waals surface area contributed by atoms with E-state index in [0.29, 0.717) is 17.1 Å². The summed E-state index contributed by atoms with van der Waals surface area (Å²) in [6, 6.07) is 27.0. The van der Waals surface area contributed by atoms with Crippen molar-refractivity contribution in [1.29, 1.82) is 0 Å². The van der Waals surface area contributed by atoms with Crippen molar-refractivity contribution in [2.75, 3.05) is 14.2 Å². The average Bonchev–Trinajstić information content (AvgIpc) is 3.47. The van der Waals surface area contributed by atoms with Crippen LogP contribution in [0.4, 0.5) is 0 Å². The van der Waals surface area contributed by atoms with E-state index in [1.54, 1.807) is 38.7 Å². The molecule has 0 spiro atoms. The zero-order valence-corrected chi connectivity index (χ0v) is 21.8. The van der Waals surface area contributed by atoms with Crippen LogP contribution in [0.1, 0.15) is 15.9 Å². The second-order valence-corrected chi connectivity index (χ2v) is 9.42. The Morgan fingerprint density at radius 2 is 1.74 bits per heavy atom. The Labute approximate surface area is 225 Å². The van der Waals surface area contributed by atoms with Crippen LogP contribution < -0.4 is 14.8 Å². The minimum absolute atomic E-state index is 0.163. The second kappa shape index (κ2) is 11.7. The smallest absolute Gasteiger partial charge is 0.254 e. The predicted octanol–water partition coefficient (Wildman–Crippen LogP) is 6.24. The Kier molecular flexibility index (Phi) is 7.70. The topological polar surface area (TPSA) is 89.1 Å². The zero-order valence-electron chi connectivity index (χ0n) is 21.0. The largest absolute Gasteiger partial charge is 0.497 e. The molecule has 0 radical (unpaired) electrons. The Balaban J connectivity index is 1.26. The number of rotatable bonds is 9. The highest BCUT2D eigenvalue weighted by Gasteiger charge is 2.14. The van der Waals surface area contributed by atoms with Gasteiger partial charge in [-0.05, 0) is 48.0 Å². The third kappa shape index (κ3) is 5.71. The van der Waals surface area contributed by atoms with Gasteiger partial charge < -0.3 is 19.8 Å². The van der Waals surface area contributed by atoms with Crippen LogP contribution in [0.2, 0.25) is 0 Å². The summed E-state index contributed by atoms with van der Waals surface area (Å²) in [6.07, 6.45) is 3.48. The lowest BCUT2D eigenvalue weighted by Crippen LogP contribution is -2.23. The molecule has 5 rings (SSSR count). The van der Waals surface area contributed by atoms with Gasteiger partial charge in [0, 0.05) is 28.8 Å². The third-order valence-electron chi connectivity index (χ3n) is 5.93. The van der Waals surface area contributed by atoms with Crippen LogP contribution in [0.5, 0.6) is 11.5 Å². The summed E-state index contributed by atoms with van der Waals surface area (Å²) in [5.41, 5.74) is 4.15. The summed E-state index contributed by atoms with van der Waals surface area (Å²) in [5.74, 6) is 2.04. The first-order valence-electron chi connectivity index (χ1n) is 12.0. The van der Waals surface area contributed by atoms with E-state index in [4.69, 9.17) is 9.47 Å². The van der Waals surface area contributed by atoms with E-state index in [-0.39, 0.29) is 5.91 Å². The molecule has 2 N–H and O–H groups in total. The number of nitrogens with zero attached hydrogens (tertiary/aromatic N) is 2. The van der Waals surface area contributed by atoms with Crippen molar-refractivity contribution in [1.82, 2.24) is 20.3 Å². The summed E-state index contributed by atoms with van der Waals surface area (Å²) < 4.78 is 10.9. The van der Waals surface area contributed by atoms with Gasteiger partial charge in [0.2, 0.25) is 0 Å². The zero-order chi connectivity index (χ0) is 26.3. The average molecular weight is 523 g/mol. The Morgan fingerprint density at radius 3 is 2.50 bits per heavy atom. The standard InChI is InChI=1S/C30H26N4O3S/c1-36-22-14-15-27(37-2)25(17-22)26-19-32-28(34-26)21-12-10-20(11-13-21)18-33-29(35)24-9-6-16-31-30(24)38-23-7-4-3-5-8-23/h3-17,19H,18H2,1-2H3,(H,32,34)(H,33,35). The molecule has 3 aromatic carbocycles. The van der Waals surface area contributed by atoms with Crippen molar-refractivity contribution in [2.24, 2.45) is 0 Å². The van der Waals surface area contributed by atoms with Gasteiger partial charge in [0.05, 0.1) is 31.7 Å². The number of carbonyl (C=O) groups excluding carboxylic acids is 1. The lowest BCUT2D eigenvalue weighted by atomic mass is 10.1. The van der Waals surface area contributed by atoms with Crippen LogP contribution >= 0.6 is 11.8 Å². The molecule has 8 heteroatoms. The van der Waals surface area contributed by atoms with E-state index in [0.717, 1.165) is 44.6 Å². The van der Waals surface area contributed by atoms with Gasteiger partial charge in [0.15, 0.2) is 0 Å². The first kappa shape index (κ1) is 25.1. The molecule has 5 aromatic rings. The number of amides is 1. The summed E-state index contributed by atoms with van der Waals surface area (Å²) in [6.45, 7) is 0.397. The number of aromatic nitrogens is 3. The molecule has 0 atom stereocenters. The number of pyridine rings is 1. The molecule has 0 bridgehead atoms.